The molecule has 39 heavy (non-hydrogen) atoms. The zero-order valence-corrected chi connectivity index (χ0v) is 22.3. The highest BCUT2D eigenvalue weighted by Crippen LogP contribution is 2.30. The Kier molecular flexibility index (Phi) is 8.05. The quantitative estimate of drug-likeness (QED) is 0.348. The maximum Gasteiger partial charge on any atom is 0.251 e. The number of nitrogens with one attached hydrogen (secondary N) is 1. The molecule has 1 atom stereocenters. The van der Waals surface area contributed by atoms with Gasteiger partial charge in [-0.25, -0.2) is 0 Å². The predicted molar refractivity (Wildman–Crippen MR) is 149 cm³/mol. The van der Waals surface area contributed by atoms with Gasteiger partial charge in [0.05, 0.1) is 0 Å². The maximum absolute atomic E-state index is 14.0. The molecule has 1 aliphatic carbocycles. The molecule has 1 N–H and O–H groups in total. The number of aromatic nitrogens is 5. The summed E-state index contributed by atoms with van der Waals surface area (Å²) >= 11 is 0. The number of carbonyl (C=O) groups is 2. The number of nitrogens with zero attached hydrogens (tertiary/aromatic N) is 6. The molecule has 2 heterocycles. The molecule has 5 rings (SSSR count). The number of benzene rings is 2. The van der Waals surface area contributed by atoms with E-state index in [1.165, 1.54) is 4.80 Å². The summed E-state index contributed by atoms with van der Waals surface area (Å²) < 4.78 is 0. The van der Waals surface area contributed by atoms with Crippen molar-refractivity contribution < 1.29 is 9.59 Å². The molecule has 0 spiro atoms. The van der Waals surface area contributed by atoms with Gasteiger partial charge in [-0.1, -0.05) is 61.7 Å². The van der Waals surface area contributed by atoms with Gasteiger partial charge in [-0.15, -0.1) is 10.2 Å². The predicted octanol–water partition coefficient (Wildman–Crippen LogP) is 4.44. The van der Waals surface area contributed by atoms with Crippen LogP contribution in [0.15, 0.2) is 73.1 Å². The van der Waals surface area contributed by atoms with Crippen molar-refractivity contribution in [1.82, 2.24) is 30.5 Å². The van der Waals surface area contributed by atoms with Crippen LogP contribution in [-0.4, -0.2) is 43.0 Å². The topological polar surface area (TPSA) is 106 Å². The summed E-state index contributed by atoms with van der Waals surface area (Å²) in [5.41, 5.74) is 4.39. The van der Waals surface area contributed by atoms with Gasteiger partial charge in [0.25, 0.3) is 5.91 Å². The molecule has 200 valence electrons. The number of carbonyl (C=O) groups excluding carboxylic acids is 2. The van der Waals surface area contributed by atoms with E-state index < -0.39 is 6.04 Å². The molecule has 1 saturated carbocycles. The van der Waals surface area contributed by atoms with Crippen molar-refractivity contribution in [2.24, 2.45) is 0 Å². The van der Waals surface area contributed by atoms with Crippen molar-refractivity contribution >= 4 is 17.5 Å². The van der Waals surface area contributed by atoms with Gasteiger partial charge >= 0.3 is 0 Å². The highest BCUT2D eigenvalue weighted by atomic mass is 16.2. The number of aryl methyl sites for hydroxylation is 2. The average Bonchev–Trinajstić information content (AvgIpc) is 3.65. The fourth-order valence-corrected chi connectivity index (χ4v) is 4.97. The summed E-state index contributed by atoms with van der Waals surface area (Å²) in [7, 11) is 0. The number of anilines is 1. The van der Waals surface area contributed by atoms with E-state index in [1.807, 2.05) is 55.5 Å². The van der Waals surface area contributed by atoms with E-state index in [1.54, 1.807) is 29.4 Å². The number of tetrazole rings is 1. The Bertz CT molecular complexity index is 1400. The average molecular weight is 524 g/mol. The van der Waals surface area contributed by atoms with Crippen molar-refractivity contribution in [2.45, 2.75) is 64.6 Å². The van der Waals surface area contributed by atoms with E-state index >= 15 is 0 Å². The van der Waals surface area contributed by atoms with Gasteiger partial charge in [-0.3, -0.25) is 19.5 Å². The van der Waals surface area contributed by atoms with Crippen LogP contribution in [0.2, 0.25) is 0 Å². The van der Waals surface area contributed by atoms with E-state index in [4.69, 9.17) is 0 Å². The van der Waals surface area contributed by atoms with Gasteiger partial charge < -0.3 is 5.32 Å². The summed E-state index contributed by atoms with van der Waals surface area (Å²) in [6, 6.07) is 18.3. The van der Waals surface area contributed by atoms with E-state index in [9.17, 15) is 9.59 Å². The first-order valence-corrected chi connectivity index (χ1v) is 13.5. The SMILES string of the molecule is CCc1ccc(N(C(=O)Cn2nnc(-c3ccc(C)cc3)n2)C(C(=O)NC2CCCC2)c2ccncc2)cc1. The van der Waals surface area contributed by atoms with Crippen LogP contribution in [0.1, 0.15) is 55.3 Å². The summed E-state index contributed by atoms with van der Waals surface area (Å²) in [5.74, 6) is -0.102. The summed E-state index contributed by atoms with van der Waals surface area (Å²) in [4.78, 5) is 34.8. The van der Waals surface area contributed by atoms with Gasteiger partial charge in [-0.05, 0) is 66.8 Å². The Morgan fingerprint density at radius 3 is 2.36 bits per heavy atom. The largest absolute Gasteiger partial charge is 0.351 e. The van der Waals surface area contributed by atoms with E-state index in [2.05, 4.69) is 32.6 Å². The first-order chi connectivity index (χ1) is 19.0. The summed E-state index contributed by atoms with van der Waals surface area (Å²) in [5, 5.41) is 15.9. The molecular formula is C30H33N7O2. The number of rotatable bonds is 9. The van der Waals surface area contributed by atoms with Gasteiger partial charge in [0.15, 0.2) is 0 Å². The third kappa shape index (κ3) is 6.19. The summed E-state index contributed by atoms with van der Waals surface area (Å²) in [6.07, 6.45) is 8.22. The molecule has 1 unspecified atom stereocenters. The Labute approximate surface area is 228 Å². The molecular weight excluding hydrogens is 490 g/mol. The van der Waals surface area contributed by atoms with Crippen molar-refractivity contribution in [3.05, 3.63) is 89.7 Å². The lowest BCUT2D eigenvalue weighted by Crippen LogP contribution is -2.47. The molecule has 1 fully saturated rings. The van der Waals surface area contributed by atoms with Crippen molar-refractivity contribution in [3.8, 4) is 11.4 Å². The molecule has 2 amide bonds. The van der Waals surface area contributed by atoms with Crippen molar-refractivity contribution in [3.63, 3.8) is 0 Å². The Balaban J connectivity index is 1.49. The highest BCUT2D eigenvalue weighted by Gasteiger charge is 2.34. The third-order valence-electron chi connectivity index (χ3n) is 7.16. The van der Waals surface area contributed by atoms with Crippen LogP contribution >= 0.6 is 0 Å². The molecule has 9 nitrogen and oxygen atoms in total. The van der Waals surface area contributed by atoms with Gasteiger partial charge in [0, 0.05) is 29.7 Å². The van der Waals surface area contributed by atoms with Crippen LogP contribution in [0.3, 0.4) is 0 Å². The Morgan fingerprint density at radius 1 is 1.00 bits per heavy atom. The number of pyridine rings is 1. The normalized spacial score (nSPS) is 14.2. The maximum atomic E-state index is 14.0. The van der Waals surface area contributed by atoms with Crippen LogP contribution in [-0.2, 0) is 22.6 Å². The molecule has 9 heteroatoms. The van der Waals surface area contributed by atoms with E-state index in [0.29, 0.717) is 17.1 Å². The van der Waals surface area contributed by atoms with E-state index in [-0.39, 0.29) is 24.4 Å². The first-order valence-electron chi connectivity index (χ1n) is 13.5. The van der Waals surface area contributed by atoms with Crippen LogP contribution in [0.4, 0.5) is 5.69 Å². The fraction of sp³-hybridized carbons (Fsp3) is 0.333. The van der Waals surface area contributed by atoms with Crippen LogP contribution in [0.25, 0.3) is 11.4 Å². The van der Waals surface area contributed by atoms with Crippen molar-refractivity contribution in [1.29, 1.82) is 0 Å². The molecule has 1 aliphatic rings. The van der Waals surface area contributed by atoms with E-state index in [0.717, 1.165) is 48.8 Å². The molecule has 0 bridgehead atoms. The molecule has 0 aliphatic heterocycles. The smallest absolute Gasteiger partial charge is 0.251 e. The van der Waals surface area contributed by atoms with Crippen LogP contribution in [0.5, 0.6) is 0 Å². The highest BCUT2D eigenvalue weighted by molar-refractivity contribution is 6.01. The van der Waals surface area contributed by atoms with Gasteiger partial charge in [0.2, 0.25) is 11.7 Å². The zero-order valence-electron chi connectivity index (χ0n) is 22.3. The monoisotopic (exact) mass is 523 g/mol. The fourth-order valence-electron chi connectivity index (χ4n) is 4.97. The minimum absolute atomic E-state index is 0.107. The Morgan fingerprint density at radius 2 is 1.69 bits per heavy atom. The molecule has 2 aromatic heterocycles. The van der Waals surface area contributed by atoms with Crippen LogP contribution < -0.4 is 10.2 Å². The first kappa shape index (κ1) is 26.2. The number of hydrogen-bond donors (Lipinski definition) is 1. The second-order valence-corrected chi connectivity index (χ2v) is 9.97. The lowest BCUT2D eigenvalue weighted by Gasteiger charge is -2.32. The molecule has 4 aromatic rings. The van der Waals surface area contributed by atoms with Crippen molar-refractivity contribution in [2.75, 3.05) is 4.90 Å². The van der Waals surface area contributed by atoms with Gasteiger partial charge in [-0.2, -0.15) is 4.80 Å². The van der Waals surface area contributed by atoms with Crippen LogP contribution in [0, 0.1) is 6.92 Å². The Hall–Kier alpha value is -4.40. The minimum atomic E-state index is -0.881. The molecule has 0 radical (unpaired) electrons. The molecule has 0 saturated heterocycles. The minimum Gasteiger partial charge on any atom is -0.351 e. The lowest BCUT2D eigenvalue weighted by atomic mass is 10.0. The molecule has 2 aromatic carbocycles. The summed E-state index contributed by atoms with van der Waals surface area (Å²) in [6.45, 7) is 3.91. The third-order valence-corrected chi connectivity index (χ3v) is 7.16. The number of hydrogen-bond acceptors (Lipinski definition) is 6. The lowest BCUT2D eigenvalue weighted by molar-refractivity contribution is -0.127. The standard InChI is InChI=1S/C30H33N7O2/c1-3-22-10-14-26(15-11-22)37(27(38)20-36-34-29(33-35-36)24-12-8-21(2)9-13-24)28(23-16-18-31-19-17-23)30(39)32-25-6-4-5-7-25/h8-19,25,28H,3-7,20H2,1-2H3,(H,32,39). The second kappa shape index (κ2) is 12.0. The second-order valence-electron chi connectivity index (χ2n) is 9.97. The van der Waals surface area contributed by atoms with Gasteiger partial charge in [0.1, 0.15) is 12.6 Å². The zero-order chi connectivity index (χ0) is 27.2. The number of amides is 2.